The van der Waals surface area contributed by atoms with E-state index < -0.39 is 0 Å². The van der Waals surface area contributed by atoms with E-state index >= 15 is 0 Å². The van der Waals surface area contributed by atoms with Gasteiger partial charge in [-0.25, -0.2) is 0 Å². The molecule has 1 heterocycles. The molecule has 0 radical (unpaired) electrons. The van der Waals surface area contributed by atoms with E-state index in [-0.39, 0.29) is 5.78 Å². The molecule has 2 aromatic rings. The number of rotatable bonds is 4. The fourth-order valence-corrected chi connectivity index (χ4v) is 1.91. The van der Waals surface area contributed by atoms with Crippen LogP contribution in [0.4, 0.5) is 0 Å². The Morgan fingerprint density at radius 1 is 1.16 bits per heavy atom. The molecule has 0 amide bonds. The van der Waals surface area contributed by atoms with Crippen LogP contribution in [-0.4, -0.2) is 10.8 Å². The van der Waals surface area contributed by atoms with Gasteiger partial charge in [0.15, 0.2) is 5.78 Å². The van der Waals surface area contributed by atoms with Crippen LogP contribution in [0.1, 0.15) is 35.6 Å². The largest absolute Gasteiger partial charge is 0.455 e. The fraction of sp³-hybridized carbons (Fsp3) is 0.250. The van der Waals surface area contributed by atoms with Crippen molar-refractivity contribution >= 4 is 5.78 Å². The molecule has 2 rings (SSSR count). The van der Waals surface area contributed by atoms with Crippen molar-refractivity contribution in [3.05, 3.63) is 53.3 Å². The van der Waals surface area contributed by atoms with E-state index in [1.165, 1.54) is 6.92 Å². The summed E-state index contributed by atoms with van der Waals surface area (Å²) in [6.45, 7) is 5.52. The number of benzene rings is 1. The monoisotopic (exact) mass is 255 g/mol. The topological polar surface area (TPSA) is 39.2 Å². The Morgan fingerprint density at radius 2 is 1.89 bits per heavy atom. The summed E-state index contributed by atoms with van der Waals surface area (Å²) >= 11 is 0. The fourth-order valence-electron chi connectivity index (χ4n) is 1.91. The van der Waals surface area contributed by atoms with Gasteiger partial charge in [0.25, 0.3) is 0 Å². The Balaban J connectivity index is 2.39. The number of aryl methyl sites for hydroxylation is 2. The average Bonchev–Trinajstić information content (AvgIpc) is 2.41. The molecule has 1 aromatic heterocycles. The summed E-state index contributed by atoms with van der Waals surface area (Å²) < 4.78 is 5.86. The standard InChI is InChI=1S/C16H17NO2/c1-4-14-16(10-9-11(2)17-14)19-15-8-6-5-7-13(15)12(3)18/h5-10H,4H2,1-3H3. The van der Waals surface area contributed by atoms with E-state index in [2.05, 4.69) is 4.98 Å². The predicted molar refractivity (Wildman–Crippen MR) is 74.9 cm³/mol. The average molecular weight is 255 g/mol. The minimum Gasteiger partial charge on any atom is -0.455 e. The zero-order chi connectivity index (χ0) is 13.8. The van der Waals surface area contributed by atoms with Gasteiger partial charge in [-0.05, 0) is 44.5 Å². The molecule has 0 bridgehead atoms. The first-order valence-corrected chi connectivity index (χ1v) is 6.36. The Morgan fingerprint density at radius 3 is 2.58 bits per heavy atom. The van der Waals surface area contributed by atoms with Crippen LogP contribution < -0.4 is 4.74 Å². The Hall–Kier alpha value is -2.16. The van der Waals surface area contributed by atoms with Gasteiger partial charge in [-0.1, -0.05) is 19.1 Å². The van der Waals surface area contributed by atoms with Crippen molar-refractivity contribution in [2.45, 2.75) is 27.2 Å². The number of para-hydroxylation sites is 1. The van der Waals surface area contributed by atoms with Crippen LogP contribution in [0.25, 0.3) is 0 Å². The summed E-state index contributed by atoms with van der Waals surface area (Å²) in [6.07, 6.45) is 0.791. The number of ether oxygens (including phenoxy) is 1. The third-order valence-electron chi connectivity index (χ3n) is 2.89. The number of ketones is 1. The number of carbonyl (C=O) groups is 1. The van der Waals surface area contributed by atoms with Crippen LogP contribution in [0, 0.1) is 6.92 Å². The highest BCUT2D eigenvalue weighted by atomic mass is 16.5. The number of hydrogen-bond donors (Lipinski definition) is 0. The number of pyridine rings is 1. The maximum absolute atomic E-state index is 11.6. The molecule has 0 unspecified atom stereocenters. The van der Waals surface area contributed by atoms with Gasteiger partial charge in [0.2, 0.25) is 0 Å². The molecule has 0 saturated carbocycles. The lowest BCUT2D eigenvalue weighted by Crippen LogP contribution is -2.00. The molecule has 0 spiro atoms. The molecule has 0 atom stereocenters. The summed E-state index contributed by atoms with van der Waals surface area (Å²) in [5, 5.41) is 0. The van der Waals surface area contributed by atoms with Gasteiger partial charge >= 0.3 is 0 Å². The van der Waals surface area contributed by atoms with Crippen LogP contribution in [0.3, 0.4) is 0 Å². The quantitative estimate of drug-likeness (QED) is 0.776. The molecular formula is C16H17NO2. The van der Waals surface area contributed by atoms with E-state index in [0.717, 1.165) is 17.8 Å². The zero-order valence-corrected chi connectivity index (χ0v) is 11.4. The highest BCUT2D eigenvalue weighted by molar-refractivity contribution is 5.96. The van der Waals surface area contributed by atoms with E-state index in [9.17, 15) is 4.79 Å². The van der Waals surface area contributed by atoms with Gasteiger partial charge in [-0.3, -0.25) is 9.78 Å². The molecule has 0 saturated heterocycles. The summed E-state index contributed by atoms with van der Waals surface area (Å²) in [4.78, 5) is 16.0. The van der Waals surface area contributed by atoms with E-state index in [0.29, 0.717) is 17.1 Å². The number of hydrogen-bond acceptors (Lipinski definition) is 3. The normalized spacial score (nSPS) is 10.3. The first-order valence-electron chi connectivity index (χ1n) is 6.36. The summed E-state index contributed by atoms with van der Waals surface area (Å²) in [5.74, 6) is 1.28. The molecule has 98 valence electrons. The zero-order valence-electron chi connectivity index (χ0n) is 11.4. The molecule has 0 aliphatic rings. The third kappa shape index (κ3) is 2.99. The van der Waals surface area contributed by atoms with Gasteiger partial charge < -0.3 is 4.74 Å². The number of carbonyl (C=O) groups excluding carboxylic acids is 1. The first-order chi connectivity index (χ1) is 9.11. The molecular weight excluding hydrogens is 238 g/mol. The Bertz CT molecular complexity index is 605. The molecule has 0 N–H and O–H groups in total. The molecule has 3 heteroatoms. The molecule has 1 aromatic carbocycles. The second kappa shape index (κ2) is 5.65. The second-order valence-electron chi connectivity index (χ2n) is 4.41. The van der Waals surface area contributed by atoms with Gasteiger partial charge in [0.05, 0.1) is 11.3 Å². The lowest BCUT2D eigenvalue weighted by atomic mass is 10.1. The Labute approximate surface area is 113 Å². The SMILES string of the molecule is CCc1nc(C)ccc1Oc1ccccc1C(C)=O. The van der Waals surface area contributed by atoms with E-state index in [1.807, 2.05) is 38.1 Å². The Kier molecular flexibility index (Phi) is 3.95. The highest BCUT2D eigenvalue weighted by Gasteiger charge is 2.11. The smallest absolute Gasteiger partial charge is 0.163 e. The predicted octanol–water partition coefficient (Wildman–Crippen LogP) is 3.95. The second-order valence-corrected chi connectivity index (χ2v) is 4.41. The van der Waals surface area contributed by atoms with Gasteiger partial charge in [0, 0.05) is 5.69 Å². The van der Waals surface area contributed by atoms with Crippen LogP contribution in [0.15, 0.2) is 36.4 Å². The van der Waals surface area contributed by atoms with Crippen molar-refractivity contribution in [3.8, 4) is 11.5 Å². The molecule has 0 aliphatic carbocycles. The van der Waals surface area contributed by atoms with Gasteiger partial charge in [0.1, 0.15) is 11.5 Å². The van der Waals surface area contributed by atoms with E-state index in [1.54, 1.807) is 12.1 Å². The van der Waals surface area contributed by atoms with Gasteiger partial charge in [-0.2, -0.15) is 0 Å². The first kappa shape index (κ1) is 13.3. The number of aromatic nitrogens is 1. The molecule has 3 nitrogen and oxygen atoms in total. The lowest BCUT2D eigenvalue weighted by molar-refractivity contribution is 0.101. The molecule has 0 aliphatic heterocycles. The summed E-state index contributed by atoms with van der Waals surface area (Å²) in [6, 6.07) is 11.1. The van der Waals surface area contributed by atoms with E-state index in [4.69, 9.17) is 4.74 Å². The van der Waals surface area contributed by atoms with Crippen LogP contribution in [0.5, 0.6) is 11.5 Å². The van der Waals surface area contributed by atoms with Crippen LogP contribution >= 0.6 is 0 Å². The summed E-state index contributed by atoms with van der Waals surface area (Å²) in [5.41, 5.74) is 2.45. The number of nitrogens with zero attached hydrogens (tertiary/aromatic N) is 1. The lowest BCUT2D eigenvalue weighted by Gasteiger charge is -2.12. The summed E-state index contributed by atoms with van der Waals surface area (Å²) in [7, 11) is 0. The molecule has 19 heavy (non-hydrogen) atoms. The van der Waals surface area contributed by atoms with Crippen molar-refractivity contribution in [3.63, 3.8) is 0 Å². The van der Waals surface area contributed by atoms with Crippen molar-refractivity contribution < 1.29 is 9.53 Å². The van der Waals surface area contributed by atoms with Crippen molar-refractivity contribution in [1.29, 1.82) is 0 Å². The number of Topliss-reactive ketones (excluding diaryl/α,β-unsaturated/α-hetero) is 1. The highest BCUT2D eigenvalue weighted by Crippen LogP contribution is 2.28. The van der Waals surface area contributed by atoms with Gasteiger partial charge in [-0.15, -0.1) is 0 Å². The van der Waals surface area contributed by atoms with Crippen LogP contribution in [0.2, 0.25) is 0 Å². The minimum atomic E-state index is -0.00582. The van der Waals surface area contributed by atoms with Crippen molar-refractivity contribution in [1.82, 2.24) is 4.98 Å². The molecule has 0 fully saturated rings. The maximum Gasteiger partial charge on any atom is 0.163 e. The minimum absolute atomic E-state index is 0.00582. The van der Waals surface area contributed by atoms with Crippen molar-refractivity contribution in [2.24, 2.45) is 0 Å². The third-order valence-corrected chi connectivity index (χ3v) is 2.89. The maximum atomic E-state index is 11.6. The van der Waals surface area contributed by atoms with Crippen molar-refractivity contribution in [2.75, 3.05) is 0 Å². The van der Waals surface area contributed by atoms with Crippen LogP contribution in [-0.2, 0) is 6.42 Å².